The second kappa shape index (κ2) is 10.6. The highest BCUT2D eigenvalue weighted by Crippen LogP contribution is 2.33. The lowest BCUT2D eigenvalue weighted by Crippen LogP contribution is -2.05. The Kier molecular flexibility index (Phi) is 7.92. The number of carbonyl (C=O) groups is 2. The summed E-state index contributed by atoms with van der Waals surface area (Å²) in [6.45, 7) is 0. The molecule has 10 nitrogen and oxygen atoms in total. The van der Waals surface area contributed by atoms with Gasteiger partial charge in [-0.05, 0) is 36.4 Å². The molecule has 4 aromatic rings. The molecule has 0 saturated heterocycles. The van der Waals surface area contributed by atoms with E-state index in [0.717, 1.165) is 36.6 Å². The van der Waals surface area contributed by atoms with Crippen molar-refractivity contribution in [2.24, 2.45) is 0 Å². The predicted octanol–water partition coefficient (Wildman–Crippen LogP) is 4.29. The number of benzene rings is 2. The van der Waals surface area contributed by atoms with Crippen LogP contribution in [0, 0.1) is 0 Å². The average Bonchev–Trinajstić information content (AvgIpc) is 3.41. The van der Waals surface area contributed by atoms with Gasteiger partial charge in [-0.1, -0.05) is 0 Å². The van der Waals surface area contributed by atoms with Crippen molar-refractivity contribution in [1.82, 2.24) is 9.97 Å². The van der Waals surface area contributed by atoms with Gasteiger partial charge in [0.15, 0.2) is 28.4 Å². The van der Waals surface area contributed by atoms with Crippen molar-refractivity contribution in [2.45, 2.75) is 31.3 Å². The van der Waals surface area contributed by atoms with Gasteiger partial charge in [0.1, 0.15) is 24.1 Å². The molecule has 36 heavy (non-hydrogen) atoms. The molecule has 0 aliphatic carbocycles. The summed E-state index contributed by atoms with van der Waals surface area (Å²) in [5.74, 6) is -1.29. The van der Waals surface area contributed by atoms with Crippen LogP contribution >= 0.6 is 46.8 Å². The van der Waals surface area contributed by atoms with E-state index in [1.807, 2.05) is 0 Å². The molecule has 0 radical (unpaired) electrons. The molecule has 0 fully saturated rings. The summed E-state index contributed by atoms with van der Waals surface area (Å²) < 4.78 is 59.0. The zero-order valence-electron chi connectivity index (χ0n) is 18.5. The molecular formula is C20H16N2O8S6. The fourth-order valence-electron chi connectivity index (χ4n) is 2.75. The maximum atomic E-state index is 12.0. The van der Waals surface area contributed by atoms with Crippen LogP contribution in [0.2, 0.25) is 0 Å². The first-order valence-electron chi connectivity index (χ1n) is 9.84. The molecule has 0 aliphatic heterocycles. The standard InChI is InChI=1S/C20H16N2O8S6/c1-35(25,26)11-3-5-13-15(9-11)31-19(21-13)33-29-17(23)7-8-18(24)30-34-20-22-14-6-4-12(36(2,27)28)10-16(14)32-20/h3-6,9-10H,7-8H2,1-2H3. The molecule has 0 spiro atoms. The Balaban J connectivity index is 1.25. The van der Waals surface area contributed by atoms with E-state index in [4.69, 9.17) is 8.37 Å². The number of nitrogens with zero attached hydrogens (tertiary/aromatic N) is 2. The number of rotatable bonds is 9. The average molecular weight is 605 g/mol. The molecule has 16 heteroatoms. The normalized spacial score (nSPS) is 12.2. The second-order valence-corrected chi connectivity index (χ2v) is 15.4. The lowest BCUT2D eigenvalue weighted by Gasteiger charge is -2.01. The zero-order chi connectivity index (χ0) is 26.1. The van der Waals surface area contributed by atoms with Crippen LogP contribution in [0.4, 0.5) is 0 Å². The van der Waals surface area contributed by atoms with E-state index in [1.165, 1.54) is 46.9 Å². The minimum Gasteiger partial charge on any atom is -0.383 e. The summed E-state index contributed by atoms with van der Waals surface area (Å²) in [6, 6.07) is 9.11. The van der Waals surface area contributed by atoms with Gasteiger partial charge in [0.2, 0.25) is 0 Å². The summed E-state index contributed by atoms with van der Waals surface area (Å²) in [6.07, 6.45) is 1.80. The van der Waals surface area contributed by atoms with E-state index >= 15 is 0 Å². The van der Waals surface area contributed by atoms with E-state index in [2.05, 4.69) is 9.97 Å². The first-order valence-corrected chi connectivity index (χ1v) is 16.7. The van der Waals surface area contributed by atoms with Crippen molar-refractivity contribution in [3.63, 3.8) is 0 Å². The van der Waals surface area contributed by atoms with Crippen molar-refractivity contribution >= 4 is 98.8 Å². The topological polar surface area (TPSA) is 147 Å². The van der Waals surface area contributed by atoms with Gasteiger partial charge in [0.25, 0.3) is 0 Å². The lowest BCUT2D eigenvalue weighted by atomic mass is 10.3. The molecule has 0 N–H and O–H groups in total. The molecule has 2 aromatic heterocycles. The van der Waals surface area contributed by atoms with Crippen molar-refractivity contribution in [2.75, 3.05) is 12.5 Å². The van der Waals surface area contributed by atoms with Gasteiger partial charge in [-0.15, -0.1) is 22.7 Å². The number of hydrogen-bond acceptors (Lipinski definition) is 14. The Hall–Kier alpha value is -2.24. The number of thiazole rings is 2. The smallest absolute Gasteiger partial charge is 0.318 e. The summed E-state index contributed by atoms with van der Waals surface area (Å²) in [7, 11) is -6.69. The molecule has 2 aromatic carbocycles. The summed E-state index contributed by atoms with van der Waals surface area (Å²) in [4.78, 5) is 32.9. The van der Waals surface area contributed by atoms with Crippen molar-refractivity contribution in [3.8, 4) is 0 Å². The Morgan fingerprint density at radius 3 is 1.50 bits per heavy atom. The predicted molar refractivity (Wildman–Crippen MR) is 139 cm³/mol. The van der Waals surface area contributed by atoms with E-state index < -0.39 is 31.6 Å². The van der Waals surface area contributed by atoms with E-state index in [-0.39, 0.29) is 22.6 Å². The number of carbonyl (C=O) groups excluding carboxylic acids is 2. The van der Waals surface area contributed by atoms with Gasteiger partial charge in [-0.2, -0.15) is 0 Å². The Labute approximate surface area is 222 Å². The minimum absolute atomic E-state index is 0.174. The Morgan fingerprint density at radius 1 is 0.750 bits per heavy atom. The molecular weight excluding hydrogens is 589 g/mol. The molecule has 2 heterocycles. The van der Waals surface area contributed by atoms with Crippen LogP contribution in [-0.2, 0) is 37.6 Å². The van der Waals surface area contributed by atoms with Gasteiger partial charge in [0, 0.05) is 12.5 Å². The maximum absolute atomic E-state index is 12.0. The molecule has 0 atom stereocenters. The summed E-state index contributed by atoms with van der Waals surface area (Å²) >= 11 is 3.83. The van der Waals surface area contributed by atoms with Gasteiger partial charge in [-0.3, -0.25) is 9.59 Å². The van der Waals surface area contributed by atoms with Crippen LogP contribution in [0.1, 0.15) is 12.8 Å². The molecule has 190 valence electrons. The monoisotopic (exact) mass is 604 g/mol. The number of aromatic nitrogens is 2. The molecule has 0 aliphatic rings. The van der Waals surface area contributed by atoms with Crippen LogP contribution in [0.25, 0.3) is 20.4 Å². The van der Waals surface area contributed by atoms with Crippen molar-refractivity contribution in [1.29, 1.82) is 0 Å². The fourth-order valence-corrected chi connectivity index (χ4v) is 7.45. The molecule has 0 amide bonds. The summed E-state index contributed by atoms with van der Waals surface area (Å²) in [5, 5.41) is 0. The van der Waals surface area contributed by atoms with Crippen LogP contribution in [0.15, 0.2) is 54.9 Å². The van der Waals surface area contributed by atoms with Gasteiger partial charge in [0.05, 0.1) is 43.1 Å². The molecule has 0 bridgehead atoms. The van der Waals surface area contributed by atoms with E-state index in [9.17, 15) is 26.4 Å². The van der Waals surface area contributed by atoms with Gasteiger partial charge < -0.3 is 8.37 Å². The molecule has 0 saturated carbocycles. The van der Waals surface area contributed by atoms with E-state index in [1.54, 1.807) is 12.1 Å². The van der Waals surface area contributed by atoms with Crippen LogP contribution in [0.5, 0.6) is 0 Å². The third-order valence-electron chi connectivity index (χ3n) is 4.48. The van der Waals surface area contributed by atoms with Gasteiger partial charge in [-0.25, -0.2) is 26.8 Å². The lowest BCUT2D eigenvalue weighted by molar-refractivity contribution is -0.139. The largest absolute Gasteiger partial charge is 0.383 e. The third-order valence-corrected chi connectivity index (χ3v) is 10.2. The zero-order valence-corrected chi connectivity index (χ0v) is 23.4. The summed E-state index contributed by atoms with van der Waals surface area (Å²) in [5.41, 5.74) is 1.16. The molecule has 4 rings (SSSR count). The van der Waals surface area contributed by atoms with Gasteiger partial charge >= 0.3 is 11.9 Å². The molecule has 0 unspecified atom stereocenters. The third kappa shape index (κ3) is 6.74. The SMILES string of the molecule is CS(=O)(=O)c1ccc2nc(SOC(=O)CCC(=O)OSc3nc4ccc(S(C)(=O)=O)cc4s3)sc2c1. The number of fused-ring (bicyclic) bond motifs is 2. The Morgan fingerprint density at radius 2 is 1.14 bits per heavy atom. The number of sulfone groups is 2. The van der Waals surface area contributed by atoms with E-state index in [0.29, 0.717) is 29.1 Å². The Bertz CT molecular complexity index is 1570. The van der Waals surface area contributed by atoms with Crippen LogP contribution in [0.3, 0.4) is 0 Å². The van der Waals surface area contributed by atoms with Crippen LogP contribution in [-0.4, -0.2) is 51.3 Å². The quantitative estimate of drug-likeness (QED) is 0.251. The highest BCUT2D eigenvalue weighted by Gasteiger charge is 2.16. The van der Waals surface area contributed by atoms with Crippen molar-refractivity contribution in [3.05, 3.63) is 36.4 Å². The first-order chi connectivity index (χ1) is 16.9. The minimum atomic E-state index is -3.35. The number of hydrogen-bond donors (Lipinski definition) is 0. The van der Waals surface area contributed by atoms with Crippen LogP contribution < -0.4 is 0 Å². The highest BCUT2D eigenvalue weighted by molar-refractivity contribution is 7.97. The van der Waals surface area contributed by atoms with Crippen molar-refractivity contribution < 1.29 is 34.8 Å². The fraction of sp³-hybridized carbons (Fsp3) is 0.200. The second-order valence-electron chi connectivity index (χ2n) is 7.34. The maximum Gasteiger partial charge on any atom is 0.318 e. The first kappa shape index (κ1) is 26.8. The highest BCUT2D eigenvalue weighted by atomic mass is 32.2.